The first-order valence-corrected chi connectivity index (χ1v) is 6.35. The Balaban J connectivity index is 0.000000511. The van der Waals surface area contributed by atoms with Gasteiger partial charge in [-0.1, -0.05) is 13.8 Å². The summed E-state index contributed by atoms with van der Waals surface area (Å²) in [7, 11) is 0. The summed E-state index contributed by atoms with van der Waals surface area (Å²) in [5, 5.41) is 14.8. The Bertz CT molecular complexity index is 366. The van der Waals surface area contributed by atoms with Gasteiger partial charge in [0.1, 0.15) is 0 Å². The van der Waals surface area contributed by atoms with Gasteiger partial charge in [-0.25, -0.2) is 9.59 Å². The lowest BCUT2D eigenvalue weighted by Gasteiger charge is -2.20. The molecule has 20 heavy (non-hydrogen) atoms. The van der Waals surface area contributed by atoms with Crippen LogP contribution in [0.1, 0.15) is 26.7 Å². The van der Waals surface area contributed by atoms with Gasteiger partial charge in [-0.15, -0.1) is 0 Å². The van der Waals surface area contributed by atoms with Gasteiger partial charge in [-0.2, -0.15) is 0 Å². The maximum atomic E-state index is 11.6. The second-order valence-electron chi connectivity index (χ2n) is 4.11. The summed E-state index contributed by atoms with van der Waals surface area (Å²) >= 11 is 0. The van der Waals surface area contributed by atoms with Gasteiger partial charge in [-0.3, -0.25) is 19.4 Å². The van der Waals surface area contributed by atoms with Crippen LogP contribution in [0.25, 0.3) is 0 Å². The smallest absolute Gasteiger partial charge is 0.414 e. The average molecular weight is 288 g/mol. The molecular formula is C12H20N2O6. The third-order valence-corrected chi connectivity index (χ3v) is 2.81. The zero-order valence-corrected chi connectivity index (χ0v) is 11.7. The molecule has 0 radical (unpaired) electrons. The lowest BCUT2D eigenvalue weighted by Crippen LogP contribution is -2.40. The number of hydrogen-bond acceptors (Lipinski definition) is 5. The van der Waals surface area contributed by atoms with Crippen LogP contribution in [0.15, 0.2) is 0 Å². The van der Waals surface area contributed by atoms with E-state index in [0.29, 0.717) is 19.5 Å². The first-order chi connectivity index (χ1) is 9.33. The summed E-state index contributed by atoms with van der Waals surface area (Å²) in [4.78, 5) is 44.5. The van der Waals surface area contributed by atoms with Crippen molar-refractivity contribution in [2.75, 3.05) is 26.2 Å². The van der Waals surface area contributed by atoms with Gasteiger partial charge in [0.2, 0.25) is 11.8 Å². The molecule has 8 nitrogen and oxygen atoms in total. The summed E-state index contributed by atoms with van der Waals surface area (Å²) in [6.45, 7) is 6.72. The third kappa shape index (κ3) is 6.28. The molecule has 1 heterocycles. The number of likely N-dealkylation sites (N-methyl/N-ethyl adjacent to an activating group) is 1. The Morgan fingerprint density at radius 2 is 1.65 bits per heavy atom. The molecule has 0 aromatic carbocycles. The minimum atomic E-state index is -1.82. The van der Waals surface area contributed by atoms with Crippen molar-refractivity contribution in [1.82, 2.24) is 9.80 Å². The average Bonchev–Trinajstić information content (AvgIpc) is 2.82. The van der Waals surface area contributed by atoms with Gasteiger partial charge in [0.15, 0.2) is 0 Å². The van der Waals surface area contributed by atoms with Gasteiger partial charge in [-0.05, 0) is 19.5 Å². The van der Waals surface area contributed by atoms with Crippen molar-refractivity contribution < 1.29 is 29.4 Å². The molecule has 2 amide bonds. The molecular weight excluding hydrogens is 268 g/mol. The van der Waals surface area contributed by atoms with Crippen LogP contribution in [0.3, 0.4) is 0 Å². The fourth-order valence-electron chi connectivity index (χ4n) is 1.64. The molecule has 2 N–H and O–H groups in total. The van der Waals surface area contributed by atoms with E-state index in [1.165, 1.54) is 4.90 Å². The number of carboxylic acid groups (broad SMARTS) is 2. The minimum absolute atomic E-state index is 0.0119. The van der Waals surface area contributed by atoms with E-state index in [4.69, 9.17) is 19.8 Å². The fraction of sp³-hybridized carbons (Fsp3) is 0.667. The number of carboxylic acids is 2. The third-order valence-electron chi connectivity index (χ3n) is 2.81. The number of amides is 2. The Morgan fingerprint density at radius 1 is 1.15 bits per heavy atom. The quantitative estimate of drug-likeness (QED) is 0.678. The van der Waals surface area contributed by atoms with E-state index >= 15 is 0 Å². The van der Waals surface area contributed by atoms with E-state index < -0.39 is 11.9 Å². The maximum absolute atomic E-state index is 11.6. The van der Waals surface area contributed by atoms with Gasteiger partial charge in [0.25, 0.3) is 0 Å². The monoisotopic (exact) mass is 288 g/mol. The standard InChI is InChI=1S/C10H18N2O2.C2H2O4/c1-3-11(4-2)8-10(14)12-7-5-6-9(12)13;3-1(4)2(5)6/h3-8H2,1-2H3;(H,3,4)(H,5,6). The molecule has 0 spiro atoms. The number of hydrogen-bond donors (Lipinski definition) is 2. The largest absolute Gasteiger partial charge is 0.473 e. The summed E-state index contributed by atoms with van der Waals surface area (Å²) < 4.78 is 0. The van der Waals surface area contributed by atoms with Crippen LogP contribution in [-0.2, 0) is 19.2 Å². The molecule has 0 aromatic heterocycles. The van der Waals surface area contributed by atoms with Crippen LogP contribution in [0.2, 0.25) is 0 Å². The van der Waals surface area contributed by atoms with Crippen molar-refractivity contribution >= 4 is 23.8 Å². The molecule has 1 aliphatic rings. The zero-order valence-electron chi connectivity index (χ0n) is 11.7. The second kappa shape index (κ2) is 9.03. The Morgan fingerprint density at radius 3 is 1.95 bits per heavy atom. The van der Waals surface area contributed by atoms with Crippen molar-refractivity contribution in [2.24, 2.45) is 0 Å². The first-order valence-electron chi connectivity index (χ1n) is 6.35. The van der Waals surface area contributed by atoms with Crippen LogP contribution >= 0.6 is 0 Å². The van der Waals surface area contributed by atoms with E-state index in [1.807, 2.05) is 18.7 Å². The summed E-state index contributed by atoms with van der Waals surface area (Å²) in [5.41, 5.74) is 0. The minimum Gasteiger partial charge on any atom is -0.473 e. The molecule has 0 saturated carbocycles. The van der Waals surface area contributed by atoms with Gasteiger partial charge < -0.3 is 10.2 Å². The molecule has 1 saturated heterocycles. The Hall–Kier alpha value is -1.96. The van der Waals surface area contributed by atoms with E-state index in [-0.39, 0.29) is 11.8 Å². The van der Waals surface area contributed by atoms with Crippen molar-refractivity contribution in [3.63, 3.8) is 0 Å². The number of carbonyl (C=O) groups excluding carboxylic acids is 2. The van der Waals surface area contributed by atoms with Crippen molar-refractivity contribution in [3.05, 3.63) is 0 Å². The molecule has 0 bridgehead atoms. The van der Waals surface area contributed by atoms with E-state index in [0.717, 1.165) is 19.5 Å². The number of rotatable bonds is 4. The van der Waals surface area contributed by atoms with Crippen molar-refractivity contribution in [2.45, 2.75) is 26.7 Å². The molecule has 8 heteroatoms. The highest BCUT2D eigenvalue weighted by Gasteiger charge is 2.26. The van der Waals surface area contributed by atoms with Gasteiger partial charge >= 0.3 is 11.9 Å². The fourth-order valence-corrected chi connectivity index (χ4v) is 1.64. The zero-order chi connectivity index (χ0) is 15.7. The first kappa shape index (κ1) is 18.0. The number of nitrogens with zero attached hydrogens (tertiary/aromatic N) is 2. The highest BCUT2D eigenvalue weighted by Crippen LogP contribution is 2.09. The van der Waals surface area contributed by atoms with E-state index in [1.54, 1.807) is 0 Å². The Kier molecular flexibility index (Phi) is 8.14. The predicted octanol–water partition coefficient (Wildman–Crippen LogP) is -0.367. The van der Waals surface area contributed by atoms with Crippen molar-refractivity contribution in [1.29, 1.82) is 0 Å². The van der Waals surface area contributed by atoms with E-state index in [2.05, 4.69) is 0 Å². The lowest BCUT2D eigenvalue weighted by molar-refractivity contribution is -0.159. The lowest BCUT2D eigenvalue weighted by atomic mass is 10.4. The van der Waals surface area contributed by atoms with E-state index in [9.17, 15) is 9.59 Å². The van der Waals surface area contributed by atoms with Crippen molar-refractivity contribution in [3.8, 4) is 0 Å². The summed E-state index contributed by atoms with van der Waals surface area (Å²) in [5.74, 6) is -3.71. The number of carbonyl (C=O) groups is 4. The summed E-state index contributed by atoms with van der Waals surface area (Å²) in [6.07, 6.45) is 1.35. The van der Waals surface area contributed by atoms with Crippen LogP contribution in [0.4, 0.5) is 0 Å². The molecule has 0 unspecified atom stereocenters. The molecule has 0 aliphatic carbocycles. The predicted molar refractivity (Wildman–Crippen MR) is 69.0 cm³/mol. The highest BCUT2D eigenvalue weighted by molar-refractivity contribution is 6.27. The van der Waals surface area contributed by atoms with Crippen LogP contribution in [0.5, 0.6) is 0 Å². The Labute approximate surface area is 117 Å². The SMILES string of the molecule is CCN(CC)CC(=O)N1CCCC1=O.O=C(O)C(=O)O. The summed E-state index contributed by atoms with van der Waals surface area (Å²) in [6, 6.07) is 0. The van der Waals surface area contributed by atoms with Gasteiger partial charge in [0.05, 0.1) is 6.54 Å². The molecule has 0 aromatic rings. The molecule has 0 atom stereocenters. The molecule has 1 fully saturated rings. The topological polar surface area (TPSA) is 115 Å². The van der Waals surface area contributed by atoms with Crippen LogP contribution < -0.4 is 0 Å². The second-order valence-corrected chi connectivity index (χ2v) is 4.11. The molecule has 1 aliphatic heterocycles. The molecule has 114 valence electrons. The number of likely N-dealkylation sites (tertiary alicyclic amines) is 1. The molecule has 1 rings (SSSR count). The van der Waals surface area contributed by atoms with Crippen LogP contribution in [0, 0.1) is 0 Å². The number of aliphatic carboxylic acids is 2. The van der Waals surface area contributed by atoms with Gasteiger partial charge in [0, 0.05) is 13.0 Å². The highest BCUT2D eigenvalue weighted by atomic mass is 16.4. The van der Waals surface area contributed by atoms with Crippen LogP contribution in [-0.4, -0.2) is 69.9 Å². The number of imide groups is 1. The maximum Gasteiger partial charge on any atom is 0.414 e. The normalized spacial score (nSPS) is 13.9.